The van der Waals surface area contributed by atoms with Gasteiger partial charge >= 0.3 is 5.97 Å². The summed E-state index contributed by atoms with van der Waals surface area (Å²) < 4.78 is 5.10. The van der Waals surface area contributed by atoms with E-state index in [1.165, 1.54) is 5.56 Å². The van der Waals surface area contributed by atoms with Crippen molar-refractivity contribution in [2.75, 3.05) is 6.61 Å². The fourth-order valence-electron chi connectivity index (χ4n) is 3.42. The number of carbonyl (C=O) groups excluding carboxylic acids is 2. The Hall–Kier alpha value is -3.48. The Labute approximate surface area is 180 Å². The van der Waals surface area contributed by atoms with Gasteiger partial charge in [0.2, 0.25) is 0 Å². The molecule has 2 aromatic carbocycles. The van der Waals surface area contributed by atoms with Crippen LogP contribution in [0.2, 0.25) is 0 Å². The van der Waals surface area contributed by atoms with Crippen LogP contribution in [-0.4, -0.2) is 28.7 Å². The average Bonchev–Trinajstić information content (AvgIpc) is 2.74. The van der Waals surface area contributed by atoms with Crippen molar-refractivity contribution in [2.45, 2.75) is 39.7 Å². The molecule has 31 heavy (non-hydrogen) atoms. The lowest BCUT2D eigenvalue weighted by Gasteiger charge is -2.15. The Morgan fingerprint density at radius 3 is 2.39 bits per heavy atom. The van der Waals surface area contributed by atoms with Crippen LogP contribution in [-0.2, 0) is 27.2 Å². The van der Waals surface area contributed by atoms with E-state index in [9.17, 15) is 14.4 Å². The minimum Gasteiger partial charge on any atom is -0.455 e. The smallest absolute Gasteiger partial charge is 0.312 e. The fourth-order valence-corrected chi connectivity index (χ4v) is 3.42. The molecule has 0 bridgehead atoms. The van der Waals surface area contributed by atoms with E-state index < -0.39 is 5.97 Å². The predicted octanol–water partition coefficient (Wildman–Crippen LogP) is 3.08. The first-order valence-electron chi connectivity index (χ1n) is 10.3. The molecule has 0 saturated carbocycles. The Kier molecular flexibility index (Phi) is 7.18. The molecule has 7 heteroatoms. The second-order valence-corrected chi connectivity index (χ2v) is 8.01. The zero-order chi connectivity index (χ0) is 22.4. The van der Waals surface area contributed by atoms with Gasteiger partial charge in [0.25, 0.3) is 11.5 Å². The van der Waals surface area contributed by atoms with Crippen LogP contribution >= 0.6 is 0 Å². The minimum absolute atomic E-state index is 0.141. The van der Waals surface area contributed by atoms with Gasteiger partial charge in [0.05, 0.1) is 23.5 Å². The lowest BCUT2D eigenvalue weighted by Crippen LogP contribution is -2.31. The normalized spacial score (nSPS) is 12.0. The summed E-state index contributed by atoms with van der Waals surface area (Å²) in [6.45, 7) is 5.85. The van der Waals surface area contributed by atoms with Crippen LogP contribution in [0.5, 0.6) is 0 Å². The summed E-state index contributed by atoms with van der Waals surface area (Å²) in [5.41, 5.74) is 2.32. The van der Waals surface area contributed by atoms with Gasteiger partial charge in [0.15, 0.2) is 6.61 Å². The van der Waals surface area contributed by atoms with Crippen molar-refractivity contribution in [3.63, 3.8) is 0 Å². The first-order chi connectivity index (χ1) is 14.8. The summed E-state index contributed by atoms with van der Waals surface area (Å²) in [6.07, 6.45) is 0.869. The molecule has 1 amide bonds. The molecule has 0 aliphatic heterocycles. The highest BCUT2D eigenvalue weighted by Crippen LogP contribution is 2.16. The highest BCUT2D eigenvalue weighted by molar-refractivity contribution is 5.87. The van der Waals surface area contributed by atoms with Gasteiger partial charge in [-0.2, -0.15) is 5.10 Å². The topological polar surface area (TPSA) is 101 Å². The molecule has 0 unspecified atom stereocenters. The number of nitrogens with zero attached hydrogens (tertiary/aromatic N) is 1. The standard InChI is InChI=1S/C24H27N3O4/c1-15(2)12-17-8-10-18(11-9-17)16(3)25-22(28)14-31-23(29)13-21-19-6-4-5-7-20(19)24(30)27-26-21/h4-11,15-16H,12-14H2,1-3H3,(H,25,28)(H,27,30)/t16-/m1/s1. The van der Waals surface area contributed by atoms with Gasteiger partial charge in [-0.05, 0) is 36.5 Å². The monoisotopic (exact) mass is 421 g/mol. The zero-order valence-electron chi connectivity index (χ0n) is 18.0. The number of nitrogens with one attached hydrogen (secondary N) is 2. The number of hydrogen-bond donors (Lipinski definition) is 2. The molecule has 0 spiro atoms. The Morgan fingerprint density at radius 1 is 1.03 bits per heavy atom. The van der Waals surface area contributed by atoms with Crippen LogP contribution in [0.3, 0.4) is 0 Å². The van der Waals surface area contributed by atoms with Gasteiger partial charge in [-0.25, -0.2) is 5.10 Å². The fraction of sp³-hybridized carbons (Fsp3) is 0.333. The molecule has 0 aliphatic rings. The van der Waals surface area contributed by atoms with Gasteiger partial charge in [-0.15, -0.1) is 0 Å². The van der Waals surface area contributed by atoms with Gasteiger partial charge in [0.1, 0.15) is 0 Å². The molecule has 1 atom stereocenters. The van der Waals surface area contributed by atoms with Crippen LogP contribution in [0.25, 0.3) is 10.8 Å². The molecular formula is C24H27N3O4. The van der Waals surface area contributed by atoms with E-state index in [0.29, 0.717) is 22.4 Å². The lowest BCUT2D eigenvalue weighted by atomic mass is 10.00. The lowest BCUT2D eigenvalue weighted by molar-refractivity contribution is -0.148. The summed E-state index contributed by atoms with van der Waals surface area (Å²) in [5, 5.41) is 10.2. The largest absolute Gasteiger partial charge is 0.455 e. The summed E-state index contributed by atoms with van der Waals surface area (Å²) in [5.74, 6) is -0.390. The highest BCUT2D eigenvalue weighted by Gasteiger charge is 2.15. The number of aromatic nitrogens is 2. The Bertz CT molecular complexity index is 1120. The maximum absolute atomic E-state index is 12.2. The number of carbonyl (C=O) groups is 2. The molecular weight excluding hydrogens is 394 g/mol. The summed E-state index contributed by atoms with van der Waals surface area (Å²) in [6, 6.07) is 14.8. The van der Waals surface area contributed by atoms with Crippen molar-refractivity contribution in [1.29, 1.82) is 0 Å². The van der Waals surface area contributed by atoms with E-state index in [1.807, 2.05) is 19.1 Å². The number of benzene rings is 2. The van der Waals surface area contributed by atoms with E-state index in [1.54, 1.807) is 24.3 Å². The predicted molar refractivity (Wildman–Crippen MR) is 119 cm³/mol. The van der Waals surface area contributed by atoms with E-state index in [4.69, 9.17) is 4.74 Å². The molecule has 3 rings (SSSR count). The molecule has 1 aromatic heterocycles. The third-order valence-electron chi connectivity index (χ3n) is 4.95. The van der Waals surface area contributed by atoms with Crippen molar-refractivity contribution in [2.24, 2.45) is 5.92 Å². The third-order valence-corrected chi connectivity index (χ3v) is 4.95. The van der Waals surface area contributed by atoms with Crippen LogP contribution in [0.1, 0.15) is 43.6 Å². The number of fused-ring (bicyclic) bond motifs is 1. The SMILES string of the molecule is CC(C)Cc1ccc([C@@H](C)NC(=O)COC(=O)Cc2n[nH]c(=O)c3ccccc23)cc1. The van der Waals surface area contributed by atoms with E-state index >= 15 is 0 Å². The van der Waals surface area contributed by atoms with Crippen LogP contribution in [0.15, 0.2) is 53.3 Å². The zero-order valence-corrected chi connectivity index (χ0v) is 18.0. The number of aromatic amines is 1. The number of ether oxygens (including phenoxy) is 1. The number of amides is 1. The van der Waals surface area contributed by atoms with E-state index in [0.717, 1.165) is 12.0 Å². The van der Waals surface area contributed by atoms with Gasteiger partial charge in [0, 0.05) is 5.39 Å². The van der Waals surface area contributed by atoms with Gasteiger partial charge in [-0.1, -0.05) is 56.3 Å². The third kappa shape index (κ3) is 6.01. The highest BCUT2D eigenvalue weighted by atomic mass is 16.5. The minimum atomic E-state index is -0.592. The number of hydrogen-bond acceptors (Lipinski definition) is 5. The van der Waals surface area contributed by atoms with Crippen molar-refractivity contribution in [3.8, 4) is 0 Å². The van der Waals surface area contributed by atoms with Gasteiger partial charge < -0.3 is 10.1 Å². The summed E-state index contributed by atoms with van der Waals surface area (Å²) in [4.78, 5) is 36.2. The first-order valence-corrected chi connectivity index (χ1v) is 10.3. The molecule has 0 aliphatic carbocycles. The van der Waals surface area contributed by atoms with Crippen LogP contribution < -0.4 is 10.9 Å². The van der Waals surface area contributed by atoms with Crippen LogP contribution in [0.4, 0.5) is 0 Å². The van der Waals surface area contributed by atoms with Crippen molar-refractivity contribution >= 4 is 22.6 Å². The number of rotatable bonds is 8. The molecule has 7 nitrogen and oxygen atoms in total. The Balaban J connectivity index is 1.52. The quantitative estimate of drug-likeness (QED) is 0.545. The maximum atomic E-state index is 12.2. The van der Waals surface area contributed by atoms with E-state index in [2.05, 4.69) is 41.5 Å². The summed E-state index contributed by atoms with van der Waals surface area (Å²) >= 11 is 0. The molecule has 0 fully saturated rings. The van der Waals surface area contributed by atoms with Crippen molar-refractivity contribution < 1.29 is 14.3 Å². The molecule has 1 heterocycles. The van der Waals surface area contributed by atoms with Crippen LogP contribution in [0, 0.1) is 5.92 Å². The van der Waals surface area contributed by atoms with Crippen molar-refractivity contribution in [1.82, 2.24) is 15.5 Å². The second-order valence-electron chi connectivity index (χ2n) is 8.01. The average molecular weight is 421 g/mol. The maximum Gasteiger partial charge on any atom is 0.312 e. The molecule has 0 radical (unpaired) electrons. The van der Waals surface area contributed by atoms with Crippen molar-refractivity contribution in [3.05, 3.63) is 75.7 Å². The molecule has 2 N–H and O–H groups in total. The molecule has 162 valence electrons. The molecule has 0 saturated heterocycles. The number of esters is 1. The second kappa shape index (κ2) is 10.0. The van der Waals surface area contributed by atoms with E-state index in [-0.39, 0.29) is 30.5 Å². The van der Waals surface area contributed by atoms with Gasteiger partial charge in [-0.3, -0.25) is 14.4 Å². The first kappa shape index (κ1) is 22.2. The summed E-state index contributed by atoms with van der Waals surface area (Å²) in [7, 11) is 0. The molecule has 3 aromatic rings. The number of H-pyrrole nitrogens is 1. The Morgan fingerprint density at radius 2 is 1.71 bits per heavy atom.